The van der Waals surface area contributed by atoms with Gasteiger partial charge in [-0.15, -0.1) is 0 Å². The number of benzene rings is 2. The van der Waals surface area contributed by atoms with Gasteiger partial charge in [0.1, 0.15) is 11.6 Å². The van der Waals surface area contributed by atoms with Crippen molar-refractivity contribution < 1.29 is 13.9 Å². The Balaban J connectivity index is 2.12. The Hall–Kier alpha value is -2.07. The van der Waals surface area contributed by atoms with Gasteiger partial charge >= 0.3 is 0 Å². The molecule has 2 aromatic rings. The third-order valence-corrected chi connectivity index (χ3v) is 3.96. The van der Waals surface area contributed by atoms with E-state index in [2.05, 4.69) is 5.32 Å². The van der Waals surface area contributed by atoms with Gasteiger partial charge in [0.25, 0.3) is 5.91 Å². The highest BCUT2D eigenvalue weighted by molar-refractivity contribution is 6.31. The first-order valence-electron chi connectivity index (χ1n) is 7.41. The fraction of sp³-hybridized carbons (Fsp3) is 0.278. The molecule has 0 fully saturated rings. The lowest BCUT2D eigenvalue weighted by Crippen LogP contribution is -2.32. The zero-order chi connectivity index (χ0) is 17.0. The predicted molar refractivity (Wildman–Crippen MR) is 90.7 cm³/mol. The average molecular weight is 336 g/mol. The number of ether oxygens (including phenoxy) is 1. The molecule has 1 amide bonds. The number of rotatable bonds is 5. The molecule has 3 nitrogen and oxygen atoms in total. The number of nitrogens with one attached hydrogen (secondary N) is 1. The Kier molecular flexibility index (Phi) is 5.61. The highest BCUT2D eigenvalue weighted by Crippen LogP contribution is 2.24. The number of hydrogen-bond acceptors (Lipinski definition) is 2. The van der Waals surface area contributed by atoms with Crippen LogP contribution in [0, 0.1) is 19.7 Å². The van der Waals surface area contributed by atoms with Crippen molar-refractivity contribution in [3.63, 3.8) is 0 Å². The van der Waals surface area contributed by atoms with Crippen molar-refractivity contribution >= 4 is 23.2 Å². The number of halogens is 2. The van der Waals surface area contributed by atoms with Crippen molar-refractivity contribution in [1.29, 1.82) is 0 Å². The average Bonchev–Trinajstić information content (AvgIpc) is 2.52. The molecular formula is C18H19ClFNO2. The second-order valence-electron chi connectivity index (χ2n) is 5.33. The first-order chi connectivity index (χ1) is 10.9. The summed E-state index contributed by atoms with van der Waals surface area (Å²) in [6.45, 7) is 5.81. The van der Waals surface area contributed by atoms with Gasteiger partial charge in [-0.25, -0.2) is 4.39 Å². The van der Waals surface area contributed by atoms with Crippen LogP contribution in [0.3, 0.4) is 0 Å². The van der Waals surface area contributed by atoms with E-state index in [0.717, 1.165) is 11.1 Å². The molecule has 0 saturated carbocycles. The van der Waals surface area contributed by atoms with Crippen molar-refractivity contribution in [2.75, 3.05) is 5.32 Å². The number of carbonyl (C=O) groups is 1. The minimum atomic E-state index is -0.640. The maximum atomic E-state index is 13.2. The highest BCUT2D eigenvalue weighted by Gasteiger charge is 2.20. The topological polar surface area (TPSA) is 38.3 Å². The van der Waals surface area contributed by atoms with Gasteiger partial charge in [-0.1, -0.05) is 30.7 Å². The molecule has 0 spiro atoms. The summed E-state index contributed by atoms with van der Waals surface area (Å²) in [7, 11) is 0. The van der Waals surface area contributed by atoms with E-state index >= 15 is 0 Å². The van der Waals surface area contributed by atoms with Gasteiger partial charge in [0.05, 0.1) is 5.02 Å². The second-order valence-corrected chi connectivity index (χ2v) is 5.74. The molecule has 122 valence electrons. The van der Waals surface area contributed by atoms with Gasteiger partial charge in [0, 0.05) is 5.69 Å². The molecule has 2 rings (SSSR count). The molecule has 0 aliphatic heterocycles. The van der Waals surface area contributed by atoms with Gasteiger partial charge in [-0.2, -0.15) is 0 Å². The van der Waals surface area contributed by atoms with E-state index in [9.17, 15) is 9.18 Å². The number of amides is 1. The van der Waals surface area contributed by atoms with E-state index in [1.165, 1.54) is 18.2 Å². The quantitative estimate of drug-likeness (QED) is 0.844. The smallest absolute Gasteiger partial charge is 0.265 e. The number of carbonyl (C=O) groups excluding carboxylic acids is 1. The molecule has 5 heteroatoms. The van der Waals surface area contributed by atoms with Crippen LogP contribution in [0.5, 0.6) is 5.75 Å². The van der Waals surface area contributed by atoms with Crippen molar-refractivity contribution in [1.82, 2.24) is 0 Å². The maximum absolute atomic E-state index is 13.2. The normalized spacial score (nSPS) is 11.9. The fourth-order valence-corrected chi connectivity index (χ4v) is 2.30. The summed E-state index contributed by atoms with van der Waals surface area (Å²) in [6, 6.07) is 9.77. The largest absolute Gasteiger partial charge is 0.480 e. The fourth-order valence-electron chi connectivity index (χ4n) is 2.12. The molecule has 0 aliphatic rings. The summed E-state index contributed by atoms with van der Waals surface area (Å²) < 4.78 is 19.0. The van der Waals surface area contributed by atoms with E-state index in [4.69, 9.17) is 16.3 Å². The summed E-state index contributed by atoms with van der Waals surface area (Å²) in [5.74, 6) is -0.136. The molecule has 0 heterocycles. The Morgan fingerprint density at radius 2 is 2.04 bits per heavy atom. The third-order valence-electron chi connectivity index (χ3n) is 3.67. The van der Waals surface area contributed by atoms with Crippen molar-refractivity contribution in [3.8, 4) is 5.75 Å². The van der Waals surface area contributed by atoms with E-state index in [0.29, 0.717) is 17.9 Å². The molecule has 0 saturated heterocycles. The van der Waals surface area contributed by atoms with Gasteiger partial charge < -0.3 is 10.1 Å². The molecule has 23 heavy (non-hydrogen) atoms. The number of aryl methyl sites for hydroxylation is 1. The minimum Gasteiger partial charge on any atom is -0.480 e. The van der Waals surface area contributed by atoms with Crippen LogP contribution in [0.1, 0.15) is 24.5 Å². The van der Waals surface area contributed by atoms with Gasteiger partial charge in [-0.05, 0) is 55.7 Å². The van der Waals surface area contributed by atoms with Crippen LogP contribution >= 0.6 is 11.6 Å². The van der Waals surface area contributed by atoms with Crippen LogP contribution in [-0.4, -0.2) is 12.0 Å². The minimum absolute atomic E-state index is 0.0358. The summed E-state index contributed by atoms with van der Waals surface area (Å²) in [6.07, 6.45) is -0.131. The maximum Gasteiger partial charge on any atom is 0.265 e. The Bertz CT molecular complexity index is 718. The summed E-state index contributed by atoms with van der Waals surface area (Å²) >= 11 is 5.72. The lowest BCUT2D eigenvalue weighted by atomic mass is 10.1. The molecule has 1 N–H and O–H groups in total. The zero-order valence-corrected chi connectivity index (χ0v) is 14.1. The van der Waals surface area contributed by atoms with Crippen molar-refractivity contribution in [2.24, 2.45) is 0 Å². The van der Waals surface area contributed by atoms with E-state index in [-0.39, 0.29) is 10.9 Å². The Morgan fingerprint density at radius 1 is 1.30 bits per heavy atom. The molecule has 1 atom stereocenters. The SMILES string of the molecule is CC[C@H](Oc1cccc(C)c1C)C(=O)Nc1ccc(F)c(Cl)c1. The van der Waals surface area contributed by atoms with Crippen molar-refractivity contribution in [3.05, 3.63) is 58.4 Å². The Labute approximate surface area is 140 Å². The lowest BCUT2D eigenvalue weighted by Gasteiger charge is -2.19. The molecule has 0 aliphatic carbocycles. The predicted octanol–water partition coefficient (Wildman–Crippen LogP) is 4.89. The van der Waals surface area contributed by atoms with Gasteiger partial charge in [-0.3, -0.25) is 4.79 Å². The summed E-state index contributed by atoms with van der Waals surface area (Å²) in [5.41, 5.74) is 2.54. The van der Waals surface area contributed by atoms with Crippen LogP contribution in [0.2, 0.25) is 5.02 Å². The zero-order valence-electron chi connectivity index (χ0n) is 13.3. The van der Waals surface area contributed by atoms with E-state index in [1.54, 1.807) is 0 Å². The third kappa shape index (κ3) is 4.23. The second kappa shape index (κ2) is 7.47. The van der Waals surface area contributed by atoms with E-state index < -0.39 is 11.9 Å². The standard InChI is InChI=1S/C18H19ClFNO2/c1-4-16(23-17-7-5-6-11(2)12(17)3)18(22)21-13-8-9-15(20)14(19)10-13/h5-10,16H,4H2,1-3H3,(H,21,22)/t16-/m0/s1. The number of anilines is 1. The van der Waals surface area contributed by atoms with Crippen LogP contribution in [0.15, 0.2) is 36.4 Å². The monoisotopic (exact) mass is 335 g/mol. The number of hydrogen-bond donors (Lipinski definition) is 1. The first kappa shape index (κ1) is 17.3. The molecule has 0 unspecified atom stereocenters. The first-order valence-corrected chi connectivity index (χ1v) is 7.79. The van der Waals surface area contributed by atoms with Crippen LogP contribution in [0.25, 0.3) is 0 Å². The molecule has 0 aromatic heterocycles. The summed E-state index contributed by atoms with van der Waals surface area (Å²) in [5, 5.41) is 2.66. The molecular weight excluding hydrogens is 317 g/mol. The summed E-state index contributed by atoms with van der Waals surface area (Å²) in [4.78, 5) is 12.4. The van der Waals surface area contributed by atoms with Gasteiger partial charge in [0.2, 0.25) is 0 Å². The Morgan fingerprint density at radius 3 is 2.70 bits per heavy atom. The van der Waals surface area contributed by atoms with Crippen LogP contribution in [0.4, 0.5) is 10.1 Å². The molecule has 2 aromatic carbocycles. The highest BCUT2D eigenvalue weighted by atomic mass is 35.5. The molecule has 0 bridgehead atoms. The van der Waals surface area contributed by atoms with Crippen LogP contribution < -0.4 is 10.1 Å². The molecule has 0 radical (unpaired) electrons. The van der Waals surface area contributed by atoms with E-state index in [1.807, 2.05) is 39.0 Å². The lowest BCUT2D eigenvalue weighted by molar-refractivity contribution is -0.122. The van der Waals surface area contributed by atoms with Gasteiger partial charge in [0.15, 0.2) is 6.10 Å². The van der Waals surface area contributed by atoms with Crippen molar-refractivity contribution in [2.45, 2.75) is 33.3 Å². The van der Waals surface area contributed by atoms with Crippen LogP contribution in [-0.2, 0) is 4.79 Å².